The van der Waals surface area contributed by atoms with Gasteiger partial charge in [0.2, 0.25) is 5.91 Å². The summed E-state index contributed by atoms with van der Waals surface area (Å²) in [5.74, 6) is -0.659. The van der Waals surface area contributed by atoms with Crippen LogP contribution in [0.3, 0.4) is 0 Å². The average Bonchev–Trinajstić information content (AvgIpc) is 2.90. The number of carboxylic acid groups (broad SMARTS) is 1. The molecule has 0 spiro atoms. The lowest BCUT2D eigenvalue weighted by Gasteiger charge is -2.34. The molecular weight excluding hydrogens is 278 g/mol. The molecule has 2 heterocycles. The lowest BCUT2D eigenvalue weighted by molar-refractivity contribution is -0.158. The third-order valence-electron chi connectivity index (χ3n) is 3.69. The van der Waals surface area contributed by atoms with E-state index in [1.807, 2.05) is 24.3 Å². The van der Waals surface area contributed by atoms with E-state index < -0.39 is 12.0 Å². The van der Waals surface area contributed by atoms with Crippen LogP contribution in [0.4, 0.5) is 0 Å². The number of benzene rings is 1. The molecule has 1 aromatic rings. The number of nitrogens with zero attached hydrogens (tertiary/aromatic N) is 1. The van der Waals surface area contributed by atoms with Crippen LogP contribution in [0.25, 0.3) is 0 Å². The summed E-state index contributed by atoms with van der Waals surface area (Å²) in [6, 6.07) is 6.95. The highest BCUT2D eigenvalue weighted by Crippen LogP contribution is 2.40. The Morgan fingerprint density at radius 1 is 1.35 bits per heavy atom. The van der Waals surface area contributed by atoms with Gasteiger partial charge in [-0.1, -0.05) is 18.2 Å². The molecule has 2 aliphatic rings. The van der Waals surface area contributed by atoms with Crippen molar-refractivity contribution in [1.29, 1.82) is 0 Å². The van der Waals surface area contributed by atoms with Crippen LogP contribution < -0.4 is 0 Å². The summed E-state index contributed by atoms with van der Waals surface area (Å²) in [5, 5.41) is 9.22. The number of fused-ring (bicyclic) bond motifs is 1. The lowest BCUT2D eigenvalue weighted by atomic mass is 9.99. The first-order valence-corrected chi connectivity index (χ1v) is 7.50. The zero-order valence-electron chi connectivity index (χ0n) is 10.8. The topological polar surface area (TPSA) is 66.8 Å². The van der Waals surface area contributed by atoms with Crippen LogP contribution in [0.1, 0.15) is 11.5 Å². The van der Waals surface area contributed by atoms with Gasteiger partial charge < -0.3 is 14.7 Å². The quantitative estimate of drug-likeness (QED) is 0.887. The Bertz CT molecular complexity index is 548. The fourth-order valence-corrected chi connectivity index (χ4v) is 3.86. The van der Waals surface area contributed by atoms with Gasteiger partial charge in [0.1, 0.15) is 0 Å². The SMILES string of the molecule is O=C(O)C1COCCN1C(=O)C1CSc2ccccc21. The molecule has 1 aromatic carbocycles. The Morgan fingerprint density at radius 2 is 2.15 bits per heavy atom. The van der Waals surface area contributed by atoms with Crippen LogP contribution in [-0.2, 0) is 14.3 Å². The number of carbonyl (C=O) groups is 2. The van der Waals surface area contributed by atoms with E-state index in [0.29, 0.717) is 18.9 Å². The predicted molar refractivity (Wildman–Crippen MR) is 73.9 cm³/mol. The molecule has 1 fully saturated rings. The van der Waals surface area contributed by atoms with E-state index in [9.17, 15) is 14.7 Å². The summed E-state index contributed by atoms with van der Waals surface area (Å²) in [6.45, 7) is 0.818. The normalized spacial score (nSPS) is 25.3. The van der Waals surface area contributed by atoms with Gasteiger partial charge in [0.25, 0.3) is 0 Å². The molecule has 0 bridgehead atoms. The van der Waals surface area contributed by atoms with Gasteiger partial charge in [0.05, 0.1) is 19.1 Å². The molecule has 0 aliphatic carbocycles. The molecule has 0 saturated carbocycles. The molecule has 0 aromatic heterocycles. The summed E-state index contributed by atoms with van der Waals surface area (Å²) >= 11 is 1.65. The van der Waals surface area contributed by atoms with E-state index in [2.05, 4.69) is 0 Å². The number of hydrogen-bond acceptors (Lipinski definition) is 4. The molecule has 1 amide bonds. The Kier molecular flexibility index (Phi) is 3.67. The minimum atomic E-state index is -1.00. The van der Waals surface area contributed by atoms with Crippen LogP contribution in [0.5, 0.6) is 0 Å². The minimum Gasteiger partial charge on any atom is -0.480 e. The third-order valence-corrected chi connectivity index (χ3v) is 4.88. The number of carbonyl (C=O) groups excluding carboxylic acids is 1. The van der Waals surface area contributed by atoms with E-state index in [1.54, 1.807) is 11.8 Å². The number of rotatable bonds is 2. The van der Waals surface area contributed by atoms with Gasteiger partial charge in [-0.25, -0.2) is 4.79 Å². The lowest BCUT2D eigenvalue weighted by Crippen LogP contribution is -2.53. The number of thioether (sulfide) groups is 1. The summed E-state index contributed by atoms with van der Waals surface area (Å²) < 4.78 is 5.18. The highest BCUT2D eigenvalue weighted by molar-refractivity contribution is 7.99. The van der Waals surface area contributed by atoms with Crippen molar-refractivity contribution >= 4 is 23.6 Å². The molecule has 6 heteroatoms. The molecule has 2 atom stereocenters. The van der Waals surface area contributed by atoms with E-state index in [1.165, 1.54) is 4.90 Å². The molecule has 106 valence electrons. The second kappa shape index (κ2) is 5.46. The first-order chi connectivity index (χ1) is 9.68. The first kappa shape index (κ1) is 13.5. The van der Waals surface area contributed by atoms with Crippen LogP contribution in [0.15, 0.2) is 29.2 Å². The molecule has 20 heavy (non-hydrogen) atoms. The number of ether oxygens (including phenoxy) is 1. The zero-order valence-corrected chi connectivity index (χ0v) is 11.6. The average molecular weight is 293 g/mol. The summed E-state index contributed by atoms with van der Waals surface area (Å²) in [5.41, 5.74) is 1.01. The molecule has 2 aliphatic heterocycles. The highest BCUT2D eigenvalue weighted by Gasteiger charge is 2.38. The molecule has 2 unspecified atom stereocenters. The van der Waals surface area contributed by atoms with Gasteiger partial charge in [0, 0.05) is 17.2 Å². The van der Waals surface area contributed by atoms with Crippen molar-refractivity contribution in [3.8, 4) is 0 Å². The summed E-state index contributed by atoms with van der Waals surface area (Å²) in [6.07, 6.45) is 0. The van der Waals surface area contributed by atoms with Crippen LogP contribution in [-0.4, -0.2) is 53.4 Å². The molecule has 1 N–H and O–H groups in total. The van der Waals surface area contributed by atoms with Crippen LogP contribution >= 0.6 is 11.8 Å². The van der Waals surface area contributed by atoms with E-state index in [4.69, 9.17) is 4.74 Å². The highest BCUT2D eigenvalue weighted by atomic mass is 32.2. The minimum absolute atomic E-state index is 0.0720. The Hall–Kier alpha value is -1.53. The number of aliphatic carboxylic acids is 1. The number of morpholine rings is 1. The van der Waals surface area contributed by atoms with Crippen molar-refractivity contribution in [2.45, 2.75) is 16.9 Å². The van der Waals surface area contributed by atoms with Crippen molar-refractivity contribution in [1.82, 2.24) is 4.90 Å². The van der Waals surface area contributed by atoms with Crippen molar-refractivity contribution < 1.29 is 19.4 Å². The van der Waals surface area contributed by atoms with Gasteiger partial charge in [0.15, 0.2) is 6.04 Å². The Morgan fingerprint density at radius 3 is 2.95 bits per heavy atom. The van der Waals surface area contributed by atoms with E-state index >= 15 is 0 Å². The van der Waals surface area contributed by atoms with Gasteiger partial charge >= 0.3 is 5.97 Å². The fraction of sp³-hybridized carbons (Fsp3) is 0.429. The van der Waals surface area contributed by atoms with Crippen molar-refractivity contribution in [3.05, 3.63) is 29.8 Å². The number of amides is 1. The third kappa shape index (κ3) is 2.29. The standard InChI is InChI=1S/C14H15NO4S/c16-13(15-5-6-19-7-11(15)14(17)18)10-8-20-12-4-2-1-3-9(10)12/h1-4,10-11H,5-8H2,(H,17,18). The fourth-order valence-electron chi connectivity index (χ4n) is 2.64. The van der Waals surface area contributed by atoms with Gasteiger partial charge in [-0.2, -0.15) is 0 Å². The molecule has 3 rings (SSSR count). The molecular formula is C14H15NO4S. The van der Waals surface area contributed by atoms with Crippen molar-refractivity contribution in [2.75, 3.05) is 25.5 Å². The molecule has 5 nitrogen and oxygen atoms in total. The summed E-state index contributed by atoms with van der Waals surface area (Å²) in [7, 11) is 0. The maximum Gasteiger partial charge on any atom is 0.328 e. The second-order valence-electron chi connectivity index (χ2n) is 4.86. The smallest absolute Gasteiger partial charge is 0.328 e. The summed E-state index contributed by atoms with van der Waals surface area (Å²) in [4.78, 5) is 26.5. The molecule has 1 saturated heterocycles. The largest absolute Gasteiger partial charge is 0.480 e. The van der Waals surface area contributed by atoms with Crippen molar-refractivity contribution in [2.24, 2.45) is 0 Å². The Balaban J connectivity index is 1.84. The van der Waals surface area contributed by atoms with Crippen LogP contribution in [0.2, 0.25) is 0 Å². The van der Waals surface area contributed by atoms with E-state index in [0.717, 1.165) is 10.5 Å². The number of hydrogen-bond donors (Lipinski definition) is 1. The second-order valence-corrected chi connectivity index (χ2v) is 5.92. The monoisotopic (exact) mass is 293 g/mol. The number of carboxylic acids is 1. The van der Waals surface area contributed by atoms with E-state index in [-0.39, 0.29) is 18.4 Å². The van der Waals surface area contributed by atoms with Gasteiger partial charge in [-0.15, -0.1) is 11.8 Å². The maximum absolute atomic E-state index is 12.7. The Labute approximate surface area is 120 Å². The first-order valence-electron chi connectivity index (χ1n) is 6.51. The zero-order chi connectivity index (χ0) is 14.1. The predicted octanol–water partition coefficient (Wildman–Crippen LogP) is 1.19. The van der Waals surface area contributed by atoms with Gasteiger partial charge in [-0.3, -0.25) is 4.79 Å². The maximum atomic E-state index is 12.7. The van der Waals surface area contributed by atoms with Gasteiger partial charge in [-0.05, 0) is 11.6 Å². The molecule has 0 radical (unpaired) electrons. The van der Waals surface area contributed by atoms with Crippen molar-refractivity contribution in [3.63, 3.8) is 0 Å². The van der Waals surface area contributed by atoms with Crippen LogP contribution in [0, 0.1) is 0 Å².